The molecule has 0 saturated heterocycles. The highest BCUT2D eigenvalue weighted by Crippen LogP contribution is 2.03. The normalized spacial score (nSPS) is 12.9. The second-order valence-corrected chi connectivity index (χ2v) is 6.30. The second kappa shape index (κ2) is 9.80. The lowest BCUT2D eigenvalue weighted by Gasteiger charge is -2.31. The zero-order chi connectivity index (χ0) is 14.3. The summed E-state index contributed by atoms with van der Waals surface area (Å²) in [6.45, 7) is 17.3. The monoisotopic (exact) mass is 384 g/mol. The fourth-order valence-corrected chi connectivity index (χ4v) is 1.95. The van der Waals surface area contributed by atoms with Gasteiger partial charge in [-0.3, -0.25) is 9.89 Å². The van der Waals surface area contributed by atoms with Crippen LogP contribution in [0.3, 0.4) is 0 Å². The van der Waals surface area contributed by atoms with E-state index < -0.39 is 0 Å². The SMILES string of the molecule is CN=C(NCCN(C(C)C)C(C)C)NC(C)(C)C.I. The Bertz CT molecular complexity index is 249. The topological polar surface area (TPSA) is 39.7 Å². The molecule has 116 valence electrons. The van der Waals surface area contributed by atoms with Gasteiger partial charge in [0.2, 0.25) is 0 Å². The maximum absolute atomic E-state index is 4.24. The lowest BCUT2D eigenvalue weighted by Crippen LogP contribution is -2.50. The highest BCUT2D eigenvalue weighted by molar-refractivity contribution is 14.0. The zero-order valence-corrected chi connectivity index (χ0v) is 16.2. The molecule has 0 bridgehead atoms. The van der Waals surface area contributed by atoms with Crippen LogP contribution in [0.15, 0.2) is 4.99 Å². The van der Waals surface area contributed by atoms with Gasteiger partial charge >= 0.3 is 0 Å². The molecule has 0 aliphatic rings. The molecule has 0 aromatic carbocycles. The zero-order valence-electron chi connectivity index (χ0n) is 13.9. The first-order valence-corrected chi connectivity index (χ1v) is 6.92. The van der Waals surface area contributed by atoms with Crippen LogP contribution in [0.1, 0.15) is 48.5 Å². The highest BCUT2D eigenvalue weighted by Gasteiger charge is 2.14. The van der Waals surface area contributed by atoms with Gasteiger partial charge in [-0.2, -0.15) is 0 Å². The van der Waals surface area contributed by atoms with Crippen LogP contribution >= 0.6 is 24.0 Å². The van der Waals surface area contributed by atoms with Gasteiger partial charge in [-0.05, 0) is 48.5 Å². The summed E-state index contributed by atoms with van der Waals surface area (Å²) in [5.74, 6) is 0.870. The van der Waals surface area contributed by atoms with Crippen molar-refractivity contribution in [2.45, 2.75) is 66.1 Å². The van der Waals surface area contributed by atoms with E-state index in [9.17, 15) is 0 Å². The van der Waals surface area contributed by atoms with Crippen molar-refractivity contribution in [1.82, 2.24) is 15.5 Å². The van der Waals surface area contributed by atoms with Crippen LogP contribution in [-0.2, 0) is 0 Å². The van der Waals surface area contributed by atoms with Gasteiger partial charge in [-0.25, -0.2) is 0 Å². The number of nitrogens with zero attached hydrogens (tertiary/aromatic N) is 2. The molecule has 0 amide bonds. The van der Waals surface area contributed by atoms with Crippen molar-refractivity contribution >= 4 is 29.9 Å². The summed E-state index contributed by atoms with van der Waals surface area (Å²) in [6.07, 6.45) is 0. The van der Waals surface area contributed by atoms with Gasteiger partial charge in [0.15, 0.2) is 5.96 Å². The van der Waals surface area contributed by atoms with E-state index in [1.54, 1.807) is 0 Å². The summed E-state index contributed by atoms with van der Waals surface area (Å²) >= 11 is 0. The molecule has 0 fully saturated rings. The van der Waals surface area contributed by atoms with Crippen molar-refractivity contribution < 1.29 is 0 Å². The van der Waals surface area contributed by atoms with Gasteiger partial charge in [-0.15, -0.1) is 24.0 Å². The quantitative estimate of drug-likeness (QED) is 0.435. The van der Waals surface area contributed by atoms with Gasteiger partial charge < -0.3 is 10.6 Å². The molecule has 0 unspecified atom stereocenters. The minimum atomic E-state index is 0. The van der Waals surface area contributed by atoms with Crippen LogP contribution in [0, 0.1) is 0 Å². The molecule has 0 heterocycles. The molecular formula is C14H33IN4. The van der Waals surface area contributed by atoms with E-state index in [4.69, 9.17) is 0 Å². The fraction of sp³-hybridized carbons (Fsp3) is 0.929. The summed E-state index contributed by atoms with van der Waals surface area (Å²) < 4.78 is 0. The van der Waals surface area contributed by atoms with E-state index in [0.29, 0.717) is 12.1 Å². The summed E-state index contributed by atoms with van der Waals surface area (Å²) in [7, 11) is 1.81. The molecule has 0 radical (unpaired) electrons. The van der Waals surface area contributed by atoms with Crippen LogP contribution < -0.4 is 10.6 Å². The van der Waals surface area contributed by atoms with Crippen LogP contribution in [-0.4, -0.2) is 48.6 Å². The molecule has 4 nitrogen and oxygen atoms in total. The first-order chi connectivity index (χ1) is 8.17. The van der Waals surface area contributed by atoms with Gasteiger partial charge in [0.1, 0.15) is 0 Å². The van der Waals surface area contributed by atoms with E-state index >= 15 is 0 Å². The Morgan fingerprint density at radius 1 is 1.11 bits per heavy atom. The lowest BCUT2D eigenvalue weighted by molar-refractivity contribution is 0.178. The minimum absolute atomic E-state index is 0. The minimum Gasteiger partial charge on any atom is -0.355 e. The summed E-state index contributed by atoms with van der Waals surface area (Å²) in [5.41, 5.74) is 0.0393. The van der Waals surface area contributed by atoms with Crippen molar-refractivity contribution in [3.8, 4) is 0 Å². The first kappa shape index (κ1) is 21.3. The molecule has 0 rings (SSSR count). The highest BCUT2D eigenvalue weighted by atomic mass is 127. The Morgan fingerprint density at radius 2 is 1.58 bits per heavy atom. The second-order valence-electron chi connectivity index (χ2n) is 6.30. The predicted octanol–water partition coefficient (Wildman–Crippen LogP) is 2.69. The van der Waals surface area contributed by atoms with Crippen LogP contribution in [0.5, 0.6) is 0 Å². The average Bonchev–Trinajstić information content (AvgIpc) is 2.19. The maximum Gasteiger partial charge on any atom is 0.191 e. The van der Waals surface area contributed by atoms with Crippen molar-refractivity contribution in [3.63, 3.8) is 0 Å². The van der Waals surface area contributed by atoms with Gasteiger partial charge in [0.05, 0.1) is 0 Å². The smallest absolute Gasteiger partial charge is 0.191 e. The van der Waals surface area contributed by atoms with E-state index in [0.717, 1.165) is 19.0 Å². The van der Waals surface area contributed by atoms with E-state index in [2.05, 4.69) is 69.0 Å². The molecule has 0 aromatic rings. The number of hydrogen-bond acceptors (Lipinski definition) is 2. The maximum atomic E-state index is 4.24. The number of guanidine groups is 1. The number of hydrogen-bond donors (Lipinski definition) is 2. The Morgan fingerprint density at radius 3 is 1.89 bits per heavy atom. The van der Waals surface area contributed by atoms with Crippen molar-refractivity contribution in [2.75, 3.05) is 20.1 Å². The van der Waals surface area contributed by atoms with Crippen LogP contribution in [0.25, 0.3) is 0 Å². The summed E-state index contributed by atoms with van der Waals surface area (Å²) in [4.78, 5) is 6.71. The molecular weight excluding hydrogens is 351 g/mol. The van der Waals surface area contributed by atoms with Gasteiger partial charge in [0, 0.05) is 37.8 Å². The molecule has 19 heavy (non-hydrogen) atoms. The third-order valence-corrected chi connectivity index (χ3v) is 2.71. The number of rotatable bonds is 5. The number of halogens is 1. The van der Waals surface area contributed by atoms with Crippen molar-refractivity contribution in [2.24, 2.45) is 4.99 Å². The first-order valence-electron chi connectivity index (χ1n) is 6.92. The third kappa shape index (κ3) is 10.4. The Labute approximate surface area is 136 Å². The summed E-state index contributed by atoms with van der Waals surface area (Å²) in [5, 5.41) is 6.72. The van der Waals surface area contributed by atoms with Gasteiger partial charge in [-0.1, -0.05) is 0 Å². The van der Waals surface area contributed by atoms with Crippen molar-refractivity contribution in [1.29, 1.82) is 0 Å². The van der Waals surface area contributed by atoms with Crippen LogP contribution in [0.4, 0.5) is 0 Å². The van der Waals surface area contributed by atoms with Gasteiger partial charge in [0.25, 0.3) is 0 Å². The predicted molar refractivity (Wildman–Crippen MR) is 96.6 cm³/mol. The standard InChI is InChI=1S/C14H32N4.HI/c1-11(2)18(12(3)4)10-9-16-13(15-8)17-14(5,6)7;/h11-12H,9-10H2,1-8H3,(H2,15,16,17);1H. The molecule has 0 aliphatic carbocycles. The van der Waals surface area contributed by atoms with Crippen molar-refractivity contribution in [3.05, 3.63) is 0 Å². The Hall–Kier alpha value is -0.0400. The summed E-state index contributed by atoms with van der Waals surface area (Å²) in [6, 6.07) is 1.15. The Balaban J connectivity index is 0. The van der Waals surface area contributed by atoms with E-state index in [1.165, 1.54) is 0 Å². The Kier molecular flexibility index (Phi) is 11.0. The molecule has 0 aliphatic heterocycles. The number of aliphatic imine (C=N–C) groups is 1. The largest absolute Gasteiger partial charge is 0.355 e. The van der Waals surface area contributed by atoms with E-state index in [1.807, 2.05) is 7.05 Å². The molecule has 0 saturated carbocycles. The molecule has 0 spiro atoms. The van der Waals surface area contributed by atoms with E-state index in [-0.39, 0.29) is 29.5 Å². The molecule has 0 atom stereocenters. The fourth-order valence-electron chi connectivity index (χ4n) is 1.95. The van der Waals surface area contributed by atoms with Crippen LogP contribution in [0.2, 0.25) is 0 Å². The molecule has 2 N–H and O–H groups in total. The third-order valence-electron chi connectivity index (χ3n) is 2.71. The number of nitrogens with one attached hydrogen (secondary N) is 2. The molecule has 0 aromatic heterocycles. The molecule has 5 heteroatoms. The average molecular weight is 384 g/mol. The lowest BCUT2D eigenvalue weighted by atomic mass is 10.1.